The number of rotatable bonds is 7. The van der Waals surface area contributed by atoms with E-state index in [2.05, 4.69) is 5.32 Å². The lowest BCUT2D eigenvalue weighted by atomic mass is 9.95. The lowest BCUT2D eigenvalue weighted by Gasteiger charge is -2.35. The number of carboxylic acids is 1. The molecule has 1 aliphatic rings. The molecule has 25 heavy (non-hydrogen) atoms. The van der Waals surface area contributed by atoms with E-state index in [0.717, 1.165) is 19.3 Å². The highest BCUT2D eigenvalue weighted by Crippen LogP contribution is 2.31. The van der Waals surface area contributed by atoms with Gasteiger partial charge in [0.1, 0.15) is 11.6 Å². The second kappa shape index (κ2) is 8.14. The van der Waals surface area contributed by atoms with Crippen molar-refractivity contribution in [1.82, 2.24) is 10.2 Å². The Labute approximate surface area is 148 Å². The largest absolute Gasteiger partial charge is 0.480 e. The molecule has 0 bridgehead atoms. The lowest BCUT2D eigenvalue weighted by molar-refractivity contribution is -0.143. The minimum atomic E-state index is -1.04. The number of carboxylic acid groups (broad SMARTS) is 1. The first-order valence-corrected chi connectivity index (χ1v) is 8.81. The molecule has 2 amide bonds. The number of unbranched alkanes of at least 4 members (excludes halogenated alkanes) is 1. The molecule has 6 heteroatoms. The Balaban J connectivity index is 2.15. The normalized spacial score (nSPS) is 21.0. The third-order valence-electron chi connectivity index (χ3n) is 4.85. The van der Waals surface area contributed by atoms with Gasteiger partial charge in [0.15, 0.2) is 0 Å². The SMILES string of the molecule is CCCCC(NC(=O)C1(C)CCCN1C(=O)c1ccccc1)C(=O)O. The number of amides is 2. The monoisotopic (exact) mass is 346 g/mol. The zero-order chi connectivity index (χ0) is 18.4. The lowest BCUT2D eigenvalue weighted by Crippen LogP contribution is -2.58. The van der Waals surface area contributed by atoms with Crippen molar-refractivity contribution in [2.75, 3.05) is 6.54 Å². The van der Waals surface area contributed by atoms with E-state index in [9.17, 15) is 19.5 Å². The first-order valence-electron chi connectivity index (χ1n) is 8.81. The number of benzene rings is 1. The van der Waals surface area contributed by atoms with Crippen molar-refractivity contribution in [2.24, 2.45) is 0 Å². The molecule has 0 aromatic heterocycles. The Kier molecular flexibility index (Phi) is 6.17. The second-order valence-electron chi connectivity index (χ2n) is 6.71. The quantitative estimate of drug-likeness (QED) is 0.794. The van der Waals surface area contributed by atoms with Crippen LogP contribution in [0.4, 0.5) is 0 Å². The average molecular weight is 346 g/mol. The van der Waals surface area contributed by atoms with Crippen LogP contribution in [0.2, 0.25) is 0 Å². The van der Waals surface area contributed by atoms with Crippen LogP contribution in [-0.4, -0.2) is 45.9 Å². The zero-order valence-corrected chi connectivity index (χ0v) is 14.8. The highest BCUT2D eigenvalue weighted by molar-refractivity contribution is 6.00. The van der Waals surface area contributed by atoms with E-state index in [0.29, 0.717) is 24.9 Å². The van der Waals surface area contributed by atoms with Crippen LogP contribution in [0.3, 0.4) is 0 Å². The first kappa shape index (κ1) is 19.0. The fraction of sp³-hybridized carbons (Fsp3) is 0.526. The summed E-state index contributed by atoms with van der Waals surface area (Å²) in [5.74, 6) is -1.63. The maximum Gasteiger partial charge on any atom is 0.326 e. The van der Waals surface area contributed by atoms with Crippen LogP contribution in [0.5, 0.6) is 0 Å². The van der Waals surface area contributed by atoms with Gasteiger partial charge in [-0.2, -0.15) is 0 Å². The molecule has 2 atom stereocenters. The van der Waals surface area contributed by atoms with Gasteiger partial charge in [-0.05, 0) is 38.3 Å². The minimum Gasteiger partial charge on any atom is -0.480 e. The molecule has 1 fully saturated rings. The topological polar surface area (TPSA) is 86.7 Å². The Bertz CT molecular complexity index is 632. The number of carbonyl (C=O) groups is 3. The highest BCUT2D eigenvalue weighted by atomic mass is 16.4. The predicted octanol–water partition coefficient (Wildman–Crippen LogP) is 2.44. The summed E-state index contributed by atoms with van der Waals surface area (Å²) in [6, 6.07) is 7.93. The van der Waals surface area contributed by atoms with Gasteiger partial charge in [0.25, 0.3) is 5.91 Å². The summed E-state index contributed by atoms with van der Waals surface area (Å²) in [7, 11) is 0. The van der Waals surface area contributed by atoms with Gasteiger partial charge in [-0.15, -0.1) is 0 Å². The third-order valence-corrected chi connectivity index (χ3v) is 4.85. The van der Waals surface area contributed by atoms with E-state index in [1.165, 1.54) is 0 Å². The highest BCUT2D eigenvalue weighted by Gasteiger charge is 2.46. The van der Waals surface area contributed by atoms with Crippen LogP contribution < -0.4 is 5.32 Å². The molecule has 0 aliphatic carbocycles. The van der Waals surface area contributed by atoms with Crippen LogP contribution in [0, 0.1) is 0 Å². The molecular formula is C19H26N2O4. The van der Waals surface area contributed by atoms with Crippen molar-refractivity contribution in [3.8, 4) is 0 Å². The number of nitrogens with zero attached hydrogens (tertiary/aromatic N) is 1. The summed E-state index contributed by atoms with van der Waals surface area (Å²) >= 11 is 0. The zero-order valence-electron chi connectivity index (χ0n) is 14.8. The predicted molar refractivity (Wildman–Crippen MR) is 94.2 cm³/mol. The number of hydrogen-bond donors (Lipinski definition) is 2. The maximum atomic E-state index is 12.8. The smallest absolute Gasteiger partial charge is 0.326 e. The molecule has 1 aromatic rings. The third kappa shape index (κ3) is 4.18. The maximum absolute atomic E-state index is 12.8. The van der Waals surface area contributed by atoms with Gasteiger partial charge in [-0.1, -0.05) is 38.0 Å². The van der Waals surface area contributed by atoms with Crippen LogP contribution in [0.1, 0.15) is 56.3 Å². The van der Waals surface area contributed by atoms with E-state index in [4.69, 9.17) is 0 Å². The van der Waals surface area contributed by atoms with E-state index >= 15 is 0 Å². The number of likely N-dealkylation sites (tertiary alicyclic amines) is 1. The Morgan fingerprint density at radius 2 is 1.96 bits per heavy atom. The van der Waals surface area contributed by atoms with Gasteiger partial charge in [0.05, 0.1) is 0 Å². The number of nitrogens with one attached hydrogen (secondary N) is 1. The molecule has 0 radical (unpaired) electrons. The molecule has 1 heterocycles. The second-order valence-corrected chi connectivity index (χ2v) is 6.71. The summed E-state index contributed by atoms with van der Waals surface area (Å²) in [6.45, 7) is 4.18. The van der Waals surface area contributed by atoms with Crippen molar-refractivity contribution in [1.29, 1.82) is 0 Å². The van der Waals surface area contributed by atoms with Gasteiger partial charge in [-0.25, -0.2) is 4.79 Å². The van der Waals surface area contributed by atoms with Gasteiger partial charge in [0.2, 0.25) is 5.91 Å². The summed E-state index contributed by atoms with van der Waals surface area (Å²) < 4.78 is 0. The summed E-state index contributed by atoms with van der Waals surface area (Å²) in [5.41, 5.74) is -0.489. The van der Waals surface area contributed by atoms with E-state index in [1.54, 1.807) is 36.1 Å². The van der Waals surface area contributed by atoms with Gasteiger partial charge >= 0.3 is 5.97 Å². The molecular weight excluding hydrogens is 320 g/mol. The first-order chi connectivity index (χ1) is 11.9. The molecule has 0 spiro atoms. The summed E-state index contributed by atoms with van der Waals surface area (Å²) in [5, 5.41) is 12.0. The molecule has 2 N–H and O–H groups in total. The van der Waals surface area contributed by atoms with Gasteiger partial charge < -0.3 is 15.3 Å². The number of carbonyl (C=O) groups excluding carboxylic acids is 2. The fourth-order valence-corrected chi connectivity index (χ4v) is 3.24. The Morgan fingerprint density at radius 3 is 2.56 bits per heavy atom. The molecule has 1 aliphatic heterocycles. The molecule has 2 rings (SSSR count). The van der Waals surface area contributed by atoms with Crippen LogP contribution in [-0.2, 0) is 9.59 Å². The van der Waals surface area contributed by atoms with Crippen molar-refractivity contribution >= 4 is 17.8 Å². The average Bonchev–Trinajstić information content (AvgIpc) is 3.01. The number of hydrogen-bond acceptors (Lipinski definition) is 3. The molecule has 1 saturated heterocycles. The Hall–Kier alpha value is -2.37. The van der Waals surface area contributed by atoms with Crippen molar-refractivity contribution in [3.05, 3.63) is 35.9 Å². The van der Waals surface area contributed by atoms with Crippen LogP contribution >= 0.6 is 0 Å². The minimum absolute atomic E-state index is 0.198. The van der Waals surface area contributed by atoms with Crippen molar-refractivity contribution < 1.29 is 19.5 Å². The summed E-state index contributed by atoms with van der Waals surface area (Å²) in [6.07, 6.45) is 3.21. The van der Waals surface area contributed by atoms with E-state index in [-0.39, 0.29) is 5.91 Å². The van der Waals surface area contributed by atoms with Crippen molar-refractivity contribution in [2.45, 2.75) is 57.5 Å². The Morgan fingerprint density at radius 1 is 1.28 bits per heavy atom. The van der Waals surface area contributed by atoms with Gasteiger partial charge in [0, 0.05) is 12.1 Å². The van der Waals surface area contributed by atoms with E-state index < -0.39 is 23.5 Å². The van der Waals surface area contributed by atoms with Crippen LogP contribution in [0.25, 0.3) is 0 Å². The van der Waals surface area contributed by atoms with Gasteiger partial charge in [-0.3, -0.25) is 9.59 Å². The summed E-state index contributed by atoms with van der Waals surface area (Å²) in [4.78, 5) is 38.6. The molecule has 2 unspecified atom stereocenters. The number of aliphatic carboxylic acids is 1. The molecule has 1 aromatic carbocycles. The van der Waals surface area contributed by atoms with Crippen LogP contribution in [0.15, 0.2) is 30.3 Å². The standard InChI is InChI=1S/C19H26N2O4/c1-3-4-11-15(17(23)24)20-18(25)19(2)12-8-13-21(19)16(22)14-9-6-5-7-10-14/h5-7,9-10,15H,3-4,8,11-13H2,1-2H3,(H,20,25)(H,23,24). The van der Waals surface area contributed by atoms with E-state index in [1.807, 2.05) is 13.0 Å². The molecule has 136 valence electrons. The van der Waals surface area contributed by atoms with Crippen molar-refractivity contribution in [3.63, 3.8) is 0 Å². The fourth-order valence-electron chi connectivity index (χ4n) is 3.24. The molecule has 0 saturated carbocycles. The molecule has 6 nitrogen and oxygen atoms in total.